The van der Waals surface area contributed by atoms with Gasteiger partial charge in [0.1, 0.15) is 11.5 Å². The zero-order valence-corrected chi connectivity index (χ0v) is 14.6. The van der Waals surface area contributed by atoms with Crippen molar-refractivity contribution in [1.29, 1.82) is 0 Å². The van der Waals surface area contributed by atoms with Crippen LogP contribution in [0.5, 0.6) is 11.5 Å². The van der Waals surface area contributed by atoms with Gasteiger partial charge >= 0.3 is 0 Å². The van der Waals surface area contributed by atoms with E-state index < -0.39 is 35.1 Å². The van der Waals surface area contributed by atoms with Crippen LogP contribution >= 0.6 is 0 Å². The first-order valence-corrected chi connectivity index (χ1v) is 8.12. The first-order chi connectivity index (χ1) is 12.3. The van der Waals surface area contributed by atoms with Crippen LogP contribution in [0, 0.1) is 23.3 Å². The van der Waals surface area contributed by atoms with E-state index in [9.17, 15) is 17.6 Å². The molecule has 0 saturated heterocycles. The summed E-state index contributed by atoms with van der Waals surface area (Å²) in [6.07, 6.45) is 0. The molecular weight excluding hydrogens is 348 g/mol. The number of rotatable bonds is 2. The van der Waals surface area contributed by atoms with Gasteiger partial charge in [-0.3, -0.25) is 0 Å². The number of methoxy groups -OCH3 is 2. The maximum Gasteiger partial charge on any atom is 0.197 e. The van der Waals surface area contributed by atoms with Crippen LogP contribution in [0.15, 0.2) is 23.3 Å². The van der Waals surface area contributed by atoms with E-state index in [4.69, 9.17) is 9.47 Å². The Morgan fingerprint density at radius 3 is 1.38 bits per heavy atom. The summed E-state index contributed by atoms with van der Waals surface area (Å²) in [5.41, 5.74) is 2.47. The Kier molecular flexibility index (Phi) is 3.58. The molecule has 0 fully saturated rings. The fraction of sp³-hybridized carbons (Fsp3) is 0.300. The molecule has 0 aliphatic heterocycles. The molecule has 2 aliphatic carbocycles. The van der Waals surface area contributed by atoms with Gasteiger partial charge in [0.2, 0.25) is 0 Å². The van der Waals surface area contributed by atoms with Gasteiger partial charge in [-0.25, -0.2) is 17.6 Å². The van der Waals surface area contributed by atoms with E-state index in [2.05, 4.69) is 0 Å². The minimum atomic E-state index is -1.79. The molecule has 0 unspecified atom stereocenters. The second kappa shape index (κ2) is 5.50. The van der Waals surface area contributed by atoms with Crippen molar-refractivity contribution < 1.29 is 27.0 Å². The van der Waals surface area contributed by atoms with Crippen LogP contribution < -0.4 is 9.47 Å². The zero-order chi connectivity index (χ0) is 18.9. The molecule has 26 heavy (non-hydrogen) atoms. The third-order valence-corrected chi connectivity index (χ3v) is 5.34. The quantitative estimate of drug-likeness (QED) is 0.316. The second-order valence-electron chi connectivity index (χ2n) is 6.70. The number of ether oxygens (including phenoxy) is 2. The van der Waals surface area contributed by atoms with E-state index >= 15 is 0 Å². The van der Waals surface area contributed by atoms with E-state index in [0.717, 1.165) is 5.57 Å². The highest BCUT2D eigenvalue weighted by Gasteiger charge is 2.53. The van der Waals surface area contributed by atoms with E-state index in [-0.39, 0.29) is 11.1 Å². The number of benzene rings is 2. The van der Waals surface area contributed by atoms with Crippen molar-refractivity contribution in [3.05, 3.63) is 68.8 Å². The Hall–Kier alpha value is -2.50. The van der Waals surface area contributed by atoms with Crippen molar-refractivity contribution in [2.75, 3.05) is 14.2 Å². The highest BCUT2D eigenvalue weighted by molar-refractivity contribution is 5.75. The fourth-order valence-electron chi connectivity index (χ4n) is 4.43. The minimum Gasteiger partial charge on any atom is -0.496 e. The van der Waals surface area contributed by atoms with E-state index in [1.165, 1.54) is 14.2 Å². The van der Waals surface area contributed by atoms with Crippen molar-refractivity contribution in [2.24, 2.45) is 0 Å². The molecule has 2 nitrogen and oxygen atoms in total. The molecule has 0 radical (unpaired) electrons. The van der Waals surface area contributed by atoms with Gasteiger partial charge in [-0.15, -0.1) is 0 Å². The van der Waals surface area contributed by atoms with Crippen LogP contribution in [0.2, 0.25) is 0 Å². The Bertz CT molecular complexity index is 918. The van der Waals surface area contributed by atoms with E-state index in [0.29, 0.717) is 28.2 Å². The average Bonchev–Trinajstić information content (AvgIpc) is 3.16. The first kappa shape index (κ1) is 16.9. The smallest absolute Gasteiger partial charge is 0.197 e. The summed E-state index contributed by atoms with van der Waals surface area (Å²) in [5.74, 6) is -6.78. The van der Waals surface area contributed by atoms with Crippen molar-refractivity contribution in [3.8, 4) is 11.5 Å². The second-order valence-corrected chi connectivity index (χ2v) is 6.70. The monoisotopic (exact) mass is 364 g/mol. The standard InChI is InChI=1S/C20H16F4O2/c1-7(2)10-13-11-8(25-3)5-6-9(26-4)12(11)14(10)16-15(13)17(21)19(23)20(24)18(16)22/h5-6,13-14H,1-4H3/t13-,14-/m1/s1. The molecule has 0 aromatic heterocycles. The van der Waals surface area contributed by atoms with E-state index in [1.807, 2.05) is 13.8 Å². The van der Waals surface area contributed by atoms with Crippen LogP contribution in [0.1, 0.15) is 47.9 Å². The van der Waals surface area contributed by atoms with Crippen LogP contribution in [0.3, 0.4) is 0 Å². The highest BCUT2D eigenvalue weighted by atomic mass is 19.2. The van der Waals surface area contributed by atoms with Crippen LogP contribution in [-0.2, 0) is 0 Å². The predicted molar refractivity (Wildman–Crippen MR) is 87.9 cm³/mol. The summed E-state index contributed by atoms with van der Waals surface area (Å²) in [6.45, 7) is 3.63. The van der Waals surface area contributed by atoms with Gasteiger partial charge in [0.15, 0.2) is 23.3 Å². The fourth-order valence-corrected chi connectivity index (χ4v) is 4.43. The molecule has 2 aliphatic rings. The Labute approximate surface area is 148 Å². The van der Waals surface area contributed by atoms with Gasteiger partial charge < -0.3 is 9.47 Å². The predicted octanol–water partition coefficient (Wildman–Crippen LogP) is 5.19. The van der Waals surface area contributed by atoms with Gasteiger partial charge in [-0.1, -0.05) is 5.57 Å². The summed E-state index contributed by atoms with van der Waals surface area (Å²) in [6, 6.07) is 3.35. The van der Waals surface area contributed by atoms with Crippen molar-refractivity contribution >= 4 is 0 Å². The van der Waals surface area contributed by atoms with Gasteiger partial charge in [0.25, 0.3) is 0 Å². The first-order valence-electron chi connectivity index (χ1n) is 8.12. The van der Waals surface area contributed by atoms with Crippen molar-refractivity contribution in [1.82, 2.24) is 0 Å². The minimum absolute atomic E-state index is 0.151. The molecule has 2 aromatic rings. The van der Waals surface area contributed by atoms with Crippen LogP contribution in [-0.4, -0.2) is 14.2 Å². The van der Waals surface area contributed by atoms with E-state index in [1.54, 1.807) is 12.1 Å². The highest BCUT2D eigenvalue weighted by Crippen LogP contribution is 2.66. The molecule has 4 rings (SSSR count). The SMILES string of the molecule is COc1ccc(OC)c2c1[C@H]1C(=C(C)C)[C@H]2c2c(F)c(F)c(F)c(F)c21. The molecule has 0 spiro atoms. The van der Waals surface area contributed by atoms with Gasteiger partial charge in [0, 0.05) is 34.1 Å². The van der Waals surface area contributed by atoms with Crippen LogP contribution in [0.4, 0.5) is 17.6 Å². The largest absolute Gasteiger partial charge is 0.496 e. The molecule has 0 heterocycles. The number of allylic oxidation sites excluding steroid dienone is 2. The summed E-state index contributed by atoms with van der Waals surface area (Å²) in [4.78, 5) is 0. The molecular formula is C20H16F4O2. The lowest BCUT2D eigenvalue weighted by atomic mass is 9.84. The normalized spacial score (nSPS) is 19.5. The zero-order valence-electron chi connectivity index (χ0n) is 14.6. The van der Waals surface area contributed by atoms with Crippen LogP contribution in [0.25, 0.3) is 0 Å². The number of fused-ring (bicyclic) bond motifs is 8. The average molecular weight is 364 g/mol. The topological polar surface area (TPSA) is 18.5 Å². The molecule has 6 heteroatoms. The molecule has 0 amide bonds. The Morgan fingerprint density at radius 1 is 0.692 bits per heavy atom. The molecule has 2 bridgehead atoms. The lowest BCUT2D eigenvalue weighted by molar-refractivity contribution is 0.387. The maximum absolute atomic E-state index is 14.7. The Balaban J connectivity index is 2.18. The molecule has 2 aromatic carbocycles. The number of hydrogen-bond acceptors (Lipinski definition) is 2. The molecule has 2 atom stereocenters. The summed E-state index contributed by atoms with van der Waals surface area (Å²) >= 11 is 0. The van der Waals surface area contributed by atoms with Gasteiger partial charge in [-0.05, 0) is 31.6 Å². The lowest BCUT2D eigenvalue weighted by Crippen LogP contribution is -2.14. The molecule has 0 N–H and O–H groups in total. The third-order valence-electron chi connectivity index (χ3n) is 5.34. The van der Waals surface area contributed by atoms with Crippen molar-refractivity contribution in [2.45, 2.75) is 25.7 Å². The number of hydrogen-bond donors (Lipinski definition) is 0. The lowest BCUT2D eigenvalue weighted by Gasteiger charge is -2.23. The number of halogens is 4. The van der Waals surface area contributed by atoms with Gasteiger partial charge in [-0.2, -0.15) is 0 Å². The third kappa shape index (κ3) is 1.82. The van der Waals surface area contributed by atoms with Gasteiger partial charge in [0.05, 0.1) is 14.2 Å². The molecule has 0 saturated carbocycles. The summed E-state index contributed by atoms with van der Waals surface area (Å²) < 4.78 is 68.1. The van der Waals surface area contributed by atoms with Crippen molar-refractivity contribution in [3.63, 3.8) is 0 Å². The summed E-state index contributed by atoms with van der Waals surface area (Å²) in [5, 5.41) is 0. The molecule has 136 valence electrons. The summed E-state index contributed by atoms with van der Waals surface area (Å²) in [7, 11) is 2.94. The Morgan fingerprint density at radius 2 is 1.08 bits per heavy atom. The maximum atomic E-state index is 14.7.